The van der Waals surface area contributed by atoms with Gasteiger partial charge in [0.25, 0.3) is 5.91 Å². The number of pyridine rings is 1. The lowest BCUT2D eigenvalue weighted by Crippen LogP contribution is -2.30. The second kappa shape index (κ2) is 10.6. The molecule has 39 heavy (non-hydrogen) atoms. The van der Waals surface area contributed by atoms with Crippen LogP contribution in [0, 0.1) is 0 Å². The molecule has 0 atom stereocenters. The lowest BCUT2D eigenvalue weighted by Gasteiger charge is -2.19. The Morgan fingerprint density at radius 1 is 1.00 bits per heavy atom. The predicted octanol–water partition coefficient (Wildman–Crippen LogP) is 6.16. The van der Waals surface area contributed by atoms with E-state index in [1.165, 1.54) is 7.11 Å². The molecular formula is C30H24F3N3O3. The molecule has 6 nitrogen and oxygen atoms in total. The SMILES string of the molecule is COc1cc(C(F)(F)F)cc(C(=O)Nc2ccc3c(c2)CCN3C(=O)Cc2ccccn2)c1-c1ccccc1. The van der Waals surface area contributed by atoms with Crippen molar-refractivity contribution >= 4 is 23.2 Å². The van der Waals surface area contributed by atoms with Crippen LogP contribution < -0.4 is 15.0 Å². The van der Waals surface area contributed by atoms with Crippen molar-refractivity contribution in [1.29, 1.82) is 0 Å². The zero-order chi connectivity index (χ0) is 27.6. The van der Waals surface area contributed by atoms with Gasteiger partial charge >= 0.3 is 6.18 Å². The maximum atomic E-state index is 13.7. The van der Waals surface area contributed by atoms with E-state index in [0.717, 1.165) is 23.4 Å². The van der Waals surface area contributed by atoms with Crippen LogP contribution in [0.1, 0.15) is 27.2 Å². The quantitative estimate of drug-likeness (QED) is 0.324. The van der Waals surface area contributed by atoms with Crippen molar-refractivity contribution < 1.29 is 27.5 Å². The number of benzene rings is 3. The number of carbonyl (C=O) groups is 2. The summed E-state index contributed by atoms with van der Waals surface area (Å²) in [6.07, 6.45) is -2.28. The third kappa shape index (κ3) is 5.47. The van der Waals surface area contributed by atoms with E-state index in [1.807, 2.05) is 6.07 Å². The highest BCUT2D eigenvalue weighted by Gasteiger charge is 2.34. The number of nitrogens with one attached hydrogen (secondary N) is 1. The summed E-state index contributed by atoms with van der Waals surface area (Å²) in [5.74, 6) is -0.857. The molecule has 2 heterocycles. The molecule has 0 spiro atoms. The Labute approximate surface area is 223 Å². The first kappa shape index (κ1) is 26.0. The molecule has 0 radical (unpaired) electrons. The summed E-state index contributed by atoms with van der Waals surface area (Å²) in [7, 11) is 1.27. The molecule has 5 rings (SSSR count). The van der Waals surface area contributed by atoms with Crippen LogP contribution in [-0.4, -0.2) is 30.5 Å². The van der Waals surface area contributed by atoms with Gasteiger partial charge in [-0.15, -0.1) is 0 Å². The van der Waals surface area contributed by atoms with Gasteiger partial charge in [0, 0.05) is 35.4 Å². The number of anilines is 2. The van der Waals surface area contributed by atoms with E-state index < -0.39 is 17.6 Å². The second-order valence-corrected chi connectivity index (χ2v) is 9.06. The molecule has 9 heteroatoms. The second-order valence-electron chi connectivity index (χ2n) is 9.06. The highest BCUT2D eigenvalue weighted by Crippen LogP contribution is 2.40. The number of rotatable bonds is 6. The number of nitrogens with zero attached hydrogens (tertiary/aromatic N) is 2. The van der Waals surface area contributed by atoms with Crippen LogP contribution in [0.5, 0.6) is 5.75 Å². The van der Waals surface area contributed by atoms with Crippen LogP contribution in [0.25, 0.3) is 11.1 Å². The van der Waals surface area contributed by atoms with E-state index in [-0.39, 0.29) is 29.2 Å². The Bertz CT molecular complexity index is 1520. The van der Waals surface area contributed by atoms with Gasteiger partial charge in [-0.25, -0.2) is 0 Å². The smallest absolute Gasteiger partial charge is 0.416 e. The Hall–Kier alpha value is -4.66. The van der Waals surface area contributed by atoms with Gasteiger partial charge in [0.15, 0.2) is 0 Å². The van der Waals surface area contributed by atoms with Gasteiger partial charge in [0.1, 0.15) is 5.75 Å². The minimum Gasteiger partial charge on any atom is -0.496 e. The molecule has 1 aromatic heterocycles. The summed E-state index contributed by atoms with van der Waals surface area (Å²) >= 11 is 0. The molecule has 1 N–H and O–H groups in total. The Kier molecular flexibility index (Phi) is 7.06. The summed E-state index contributed by atoms with van der Waals surface area (Å²) in [6, 6.07) is 20.9. The van der Waals surface area contributed by atoms with Crippen LogP contribution >= 0.6 is 0 Å². The molecular weight excluding hydrogens is 507 g/mol. The third-order valence-electron chi connectivity index (χ3n) is 6.55. The molecule has 0 aliphatic carbocycles. The average Bonchev–Trinajstić information content (AvgIpc) is 3.36. The van der Waals surface area contributed by atoms with Crippen molar-refractivity contribution in [3.8, 4) is 16.9 Å². The molecule has 1 aliphatic heterocycles. The Balaban J connectivity index is 1.44. The topological polar surface area (TPSA) is 71.5 Å². The molecule has 0 saturated heterocycles. The van der Waals surface area contributed by atoms with Crippen molar-refractivity contribution in [3.63, 3.8) is 0 Å². The average molecular weight is 532 g/mol. The van der Waals surface area contributed by atoms with Crippen molar-refractivity contribution in [1.82, 2.24) is 4.98 Å². The standard InChI is InChI=1S/C30H24F3N3O3/c1-39-26-17-21(30(31,32)33)16-24(28(26)19-7-3-2-4-8-19)29(38)35-23-10-11-25-20(15-23)12-14-36(25)27(37)18-22-9-5-6-13-34-22/h2-11,13,15-17H,12,14,18H2,1H3,(H,35,38). The molecule has 1 aliphatic rings. The minimum absolute atomic E-state index is 0.0582. The summed E-state index contributed by atoms with van der Waals surface area (Å²) in [5.41, 5.74) is 2.33. The zero-order valence-electron chi connectivity index (χ0n) is 21.0. The maximum absolute atomic E-state index is 13.7. The number of amides is 2. The summed E-state index contributed by atoms with van der Waals surface area (Å²) in [4.78, 5) is 32.2. The predicted molar refractivity (Wildman–Crippen MR) is 142 cm³/mol. The van der Waals surface area contributed by atoms with Crippen molar-refractivity contribution in [3.05, 3.63) is 107 Å². The number of halogens is 3. The molecule has 0 bridgehead atoms. The third-order valence-corrected chi connectivity index (χ3v) is 6.55. The van der Waals surface area contributed by atoms with Gasteiger partial charge < -0.3 is 15.0 Å². The van der Waals surface area contributed by atoms with Gasteiger partial charge in [-0.2, -0.15) is 13.2 Å². The van der Waals surface area contributed by atoms with Crippen LogP contribution in [0.3, 0.4) is 0 Å². The summed E-state index contributed by atoms with van der Waals surface area (Å²) < 4.78 is 46.3. The number of carbonyl (C=O) groups excluding carboxylic acids is 2. The molecule has 2 amide bonds. The van der Waals surface area contributed by atoms with Crippen molar-refractivity contribution in [2.24, 2.45) is 0 Å². The maximum Gasteiger partial charge on any atom is 0.416 e. The number of hydrogen-bond acceptors (Lipinski definition) is 4. The van der Waals surface area contributed by atoms with E-state index in [2.05, 4.69) is 10.3 Å². The van der Waals surface area contributed by atoms with Crippen molar-refractivity contribution in [2.75, 3.05) is 23.9 Å². The van der Waals surface area contributed by atoms with Crippen LogP contribution in [0.15, 0.2) is 85.1 Å². The number of fused-ring (bicyclic) bond motifs is 1. The Morgan fingerprint density at radius 3 is 2.46 bits per heavy atom. The minimum atomic E-state index is -4.67. The number of alkyl halides is 3. The van der Waals surface area contributed by atoms with E-state index in [9.17, 15) is 22.8 Å². The van der Waals surface area contributed by atoms with Gasteiger partial charge in [-0.05, 0) is 60.0 Å². The fourth-order valence-electron chi connectivity index (χ4n) is 4.71. The fraction of sp³-hybridized carbons (Fsp3) is 0.167. The monoisotopic (exact) mass is 531 g/mol. The van der Waals surface area contributed by atoms with Gasteiger partial charge in [-0.3, -0.25) is 14.6 Å². The lowest BCUT2D eigenvalue weighted by atomic mass is 9.95. The number of hydrogen-bond donors (Lipinski definition) is 1. The highest BCUT2D eigenvalue weighted by molar-refractivity contribution is 6.10. The summed E-state index contributed by atoms with van der Waals surface area (Å²) in [5, 5.41) is 2.74. The van der Waals surface area contributed by atoms with E-state index in [4.69, 9.17) is 4.74 Å². The molecule has 198 valence electrons. The van der Waals surface area contributed by atoms with Crippen LogP contribution in [-0.2, 0) is 23.8 Å². The van der Waals surface area contributed by atoms with Crippen molar-refractivity contribution in [2.45, 2.75) is 19.0 Å². The first-order valence-electron chi connectivity index (χ1n) is 12.2. The lowest BCUT2D eigenvalue weighted by molar-refractivity contribution is -0.137. The molecule has 0 saturated carbocycles. The van der Waals surface area contributed by atoms with Crippen LogP contribution in [0.2, 0.25) is 0 Å². The molecule has 0 unspecified atom stereocenters. The van der Waals surface area contributed by atoms with E-state index in [1.54, 1.807) is 71.8 Å². The fourth-order valence-corrected chi connectivity index (χ4v) is 4.71. The molecule has 0 fully saturated rings. The van der Waals surface area contributed by atoms with E-state index >= 15 is 0 Å². The number of aromatic nitrogens is 1. The van der Waals surface area contributed by atoms with E-state index in [0.29, 0.717) is 29.9 Å². The largest absolute Gasteiger partial charge is 0.496 e. The van der Waals surface area contributed by atoms with Crippen LogP contribution in [0.4, 0.5) is 24.5 Å². The first-order valence-corrected chi connectivity index (χ1v) is 12.2. The molecule has 3 aromatic carbocycles. The number of methoxy groups -OCH3 is 1. The van der Waals surface area contributed by atoms with Gasteiger partial charge in [0.2, 0.25) is 5.91 Å². The zero-order valence-corrected chi connectivity index (χ0v) is 21.0. The normalized spacial score (nSPS) is 12.7. The highest BCUT2D eigenvalue weighted by atomic mass is 19.4. The van der Waals surface area contributed by atoms with Gasteiger partial charge in [0.05, 0.1) is 24.7 Å². The molecule has 4 aromatic rings. The Morgan fingerprint density at radius 2 is 1.77 bits per heavy atom. The van der Waals surface area contributed by atoms with Gasteiger partial charge in [-0.1, -0.05) is 36.4 Å². The number of ether oxygens (including phenoxy) is 1. The summed E-state index contributed by atoms with van der Waals surface area (Å²) in [6.45, 7) is 0.487. The first-order chi connectivity index (χ1) is 18.7.